The Bertz CT molecular complexity index is 515. The molecule has 0 fully saturated rings. The van der Waals surface area contributed by atoms with Crippen LogP contribution in [0.2, 0.25) is 5.02 Å². The molecule has 0 amide bonds. The highest BCUT2D eigenvalue weighted by molar-refractivity contribution is 9.10. The van der Waals surface area contributed by atoms with E-state index in [4.69, 9.17) is 16.0 Å². The molecule has 0 aromatic carbocycles. The molecule has 18 heavy (non-hydrogen) atoms. The first-order valence-corrected chi connectivity index (χ1v) is 6.96. The molecule has 5 heteroatoms. The average molecular weight is 330 g/mol. The van der Waals surface area contributed by atoms with Gasteiger partial charge in [0, 0.05) is 12.4 Å². The van der Waals surface area contributed by atoms with Gasteiger partial charge in [0.05, 0.1) is 21.8 Å². The van der Waals surface area contributed by atoms with Crippen molar-refractivity contribution in [3.8, 4) is 0 Å². The number of halogens is 2. The minimum atomic E-state index is -0.0650. The molecule has 2 aromatic heterocycles. The van der Waals surface area contributed by atoms with Crippen LogP contribution in [0.4, 0.5) is 0 Å². The smallest absolute Gasteiger partial charge is 0.139 e. The minimum Gasteiger partial charge on any atom is -0.466 e. The molecule has 1 atom stereocenters. The molecule has 0 saturated carbocycles. The van der Waals surface area contributed by atoms with Gasteiger partial charge in [-0.25, -0.2) is 0 Å². The van der Waals surface area contributed by atoms with E-state index in [2.05, 4.69) is 33.2 Å². The van der Waals surface area contributed by atoms with Crippen molar-refractivity contribution in [3.05, 3.63) is 51.6 Å². The number of hydrogen-bond donors (Lipinski definition) is 1. The fraction of sp³-hybridized carbons (Fsp3) is 0.308. The molecule has 0 saturated heterocycles. The van der Waals surface area contributed by atoms with Crippen LogP contribution in [0, 0.1) is 0 Å². The largest absolute Gasteiger partial charge is 0.466 e. The van der Waals surface area contributed by atoms with E-state index in [0.717, 1.165) is 28.8 Å². The molecular formula is C13H14BrClN2O. The lowest BCUT2D eigenvalue weighted by Gasteiger charge is -2.18. The van der Waals surface area contributed by atoms with Crippen molar-refractivity contribution < 1.29 is 4.42 Å². The van der Waals surface area contributed by atoms with Gasteiger partial charge < -0.3 is 9.73 Å². The van der Waals surface area contributed by atoms with E-state index in [1.807, 2.05) is 12.1 Å². The zero-order valence-electron chi connectivity index (χ0n) is 9.99. The number of rotatable bonds is 5. The van der Waals surface area contributed by atoms with Gasteiger partial charge in [-0.15, -0.1) is 0 Å². The Balaban J connectivity index is 2.37. The lowest BCUT2D eigenvalue weighted by atomic mass is 10.1. The van der Waals surface area contributed by atoms with Crippen LogP contribution in [0.5, 0.6) is 0 Å². The number of nitrogens with one attached hydrogen (secondary N) is 1. The molecule has 1 unspecified atom stereocenters. The number of pyridine rings is 1. The predicted molar refractivity (Wildman–Crippen MR) is 75.8 cm³/mol. The second kappa shape index (κ2) is 6.36. The Morgan fingerprint density at radius 2 is 2.33 bits per heavy atom. The molecule has 0 radical (unpaired) electrons. The highest BCUT2D eigenvalue weighted by atomic mass is 79.9. The van der Waals surface area contributed by atoms with E-state index < -0.39 is 0 Å². The second-order valence-corrected chi connectivity index (χ2v) is 5.18. The summed E-state index contributed by atoms with van der Waals surface area (Å²) < 4.78 is 6.48. The molecule has 0 aliphatic rings. The summed E-state index contributed by atoms with van der Waals surface area (Å²) in [6.07, 6.45) is 6.08. The summed E-state index contributed by atoms with van der Waals surface area (Å²) in [5.41, 5.74) is 0.968. The fourth-order valence-corrected chi connectivity index (χ4v) is 2.42. The van der Waals surface area contributed by atoms with Crippen molar-refractivity contribution in [2.24, 2.45) is 0 Å². The monoisotopic (exact) mass is 328 g/mol. The molecule has 0 aliphatic carbocycles. The molecule has 2 heterocycles. The lowest BCUT2D eigenvalue weighted by Crippen LogP contribution is -2.23. The summed E-state index contributed by atoms with van der Waals surface area (Å²) in [6.45, 7) is 3.01. The highest BCUT2D eigenvalue weighted by Crippen LogP contribution is 2.32. The molecule has 0 aliphatic heterocycles. The van der Waals surface area contributed by atoms with Crippen LogP contribution in [0.15, 0.2) is 39.7 Å². The zero-order valence-corrected chi connectivity index (χ0v) is 12.3. The van der Waals surface area contributed by atoms with Gasteiger partial charge in [0.2, 0.25) is 0 Å². The highest BCUT2D eigenvalue weighted by Gasteiger charge is 2.21. The van der Waals surface area contributed by atoms with Crippen LogP contribution in [0.1, 0.15) is 30.7 Å². The third kappa shape index (κ3) is 2.94. The van der Waals surface area contributed by atoms with Crippen molar-refractivity contribution in [3.63, 3.8) is 0 Å². The maximum absolute atomic E-state index is 6.21. The Morgan fingerprint density at radius 1 is 1.50 bits per heavy atom. The van der Waals surface area contributed by atoms with Crippen molar-refractivity contribution in [2.75, 3.05) is 6.54 Å². The topological polar surface area (TPSA) is 38.1 Å². The van der Waals surface area contributed by atoms with Gasteiger partial charge in [0.25, 0.3) is 0 Å². The predicted octanol–water partition coefficient (Wildman–Crippen LogP) is 4.18. The normalized spacial score (nSPS) is 12.6. The molecule has 96 valence electrons. The molecule has 2 aromatic rings. The summed E-state index contributed by atoms with van der Waals surface area (Å²) >= 11 is 9.70. The van der Waals surface area contributed by atoms with E-state index in [1.54, 1.807) is 18.7 Å². The summed E-state index contributed by atoms with van der Waals surface area (Å²) in [4.78, 5) is 4.01. The molecule has 3 nitrogen and oxygen atoms in total. The maximum Gasteiger partial charge on any atom is 0.139 e. The van der Waals surface area contributed by atoms with E-state index in [0.29, 0.717) is 5.02 Å². The fourth-order valence-electron chi connectivity index (χ4n) is 1.76. The van der Waals surface area contributed by atoms with Gasteiger partial charge in [-0.2, -0.15) is 0 Å². The minimum absolute atomic E-state index is 0.0650. The first-order valence-electron chi connectivity index (χ1n) is 5.79. The Kier molecular flexibility index (Phi) is 4.80. The molecule has 0 spiro atoms. The summed E-state index contributed by atoms with van der Waals surface area (Å²) in [5.74, 6) is 0.830. The van der Waals surface area contributed by atoms with E-state index >= 15 is 0 Å². The zero-order chi connectivity index (χ0) is 13.0. The van der Waals surface area contributed by atoms with Crippen LogP contribution >= 0.6 is 27.5 Å². The first-order chi connectivity index (χ1) is 8.74. The molecule has 0 bridgehead atoms. The number of hydrogen-bond acceptors (Lipinski definition) is 3. The van der Waals surface area contributed by atoms with Crippen molar-refractivity contribution in [1.82, 2.24) is 10.3 Å². The van der Waals surface area contributed by atoms with Gasteiger partial charge >= 0.3 is 0 Å². The summed E-state index contributed by atoms with van der Waals surface area (Å²) in [5, 5.41) is 4.07. The van der Waals surface area contributed by atoms with Gasteiger partial charge in [-0.3, -0.25) is 4.98 Å². The molecule has 1 N–H and O–H groups in total. The van der Waals surface area contributed by atoms with Crippen LogP contribution in [0.3, 0.4) is 0 Å². The van der Waals surface area contributed by atoms with Gasteiger partial charge in [-0.1, -0.05) is 18.5 Å². The number of furan rings is 1. The SMILES string of the molecule is CCCNC(c1ccncc1Cl)c1occc1Br. The Hall–Kier alpha value is -0.840. The average Bonchev–Trinajstić information content (AvgIpc) is 2.78. The summed E-state index contributed by atoms with van der Waals surface area (Å²) in [7, 11) is 0. The molecular weight excluding hydrogens is 316 g/mol. The van der Waals surface area contributed by atoms with Gasteiger partial charge in [-0.05, 0) is 46.6 Å². The Labute approximate surface area is 120 Å². The quantitative estimate of drug-likeness (QED) is 0.894. The van der Waals surface area contributed by atoms with Crippen LogP contribution in [0.25, 0.3) is 0 Å². The van der Waals surface area contributed by atoms with Crippen molar-refractivity contribution in [1.29, 1.82) is 0 Å². The third-order valence-electron chi connectivity index (χ3n) is 2.62. The number of aromatic nitrogens is 1. The maximum atomic E-state index is 6.21. The van der Waals surface area contributed by atoms with E-state index in [1.165, 1.54) is 0 Å². The van der Waals surface area contributed by atoms with Crippen molar-refractivity contribution in [2.45, 2.75) is 19.4 Å². The van der Waals surface area contributed by atoms with Crippen LogP contribution in [-0.4, -0.2) is 11.5 Å². The van der Waals surface area contributed by atoms with Crippen LogP contribution in [-0.2, 0) is 0 Å². The Morgan fingerprint density at radius 3 is 2.94 bits per heavy atom. The van der Waals surface area contributed by atoms with Crippen LogP contribution < -0.4 is 5.32 Å². The van der Waals surface area contributed by atoms with Gasteiger partial charge in [0.15, 0.2) is 0 Å². The summed E-state index contributed by atoms with van der Waals surface area (Å²) in [6, 6.07) is 3.72. The third-order valence-corrected chi connectivity index (χ3v) is 3.59. The lowest BCUT2D eigenvalue weighted by molar-refractivity contribution is 0.444. The standard InChI is InChI=1S/C13H14BrClN2O/c1-2-5-17-12(13-10(14)4-7-18-13)9-3-6-16-8-11(9)15/h3-4,6-8,12,17H,2,5H2,1H3. The van der Waals surface area contributed by atoms with E-state index in [-0.39, 0.29) is 6.04 Å². The molecule has 2 rings (SSSR count). The van der Waals surface area contributed by atoms with E-state index in [9.17, 15) is 0 Å². The first kappa shape index (κ1) is 13.6. The van der Waals surface area contributed by atoms with Crippen molar-refractivity contribution >= 4 is 27.5 Å². The second-order valence-electron chi connectivity index (χ2n) is 3.92. The van der Waals surface area contributed by atoms with Gasteiger partial charge in [0.1, 0.15) is 5.76 Å². The number of nitrogens with zero attached hydrogens (tertiary/aromatic N) is 1.